The summed E-state index contributed by atoms with van der Waals surface area (Å²) in [5.41, 5.74) is 2.13. The van der Waals surface area contributed by atoms with Crippen LogP contribution in [0.1, 0.15) is 27.0 Å². The fourth-order valence-corrected chi connectivity index (χ4v) is 3.01. The number of para-hydroxylation sites is 1. The number of Topliss-reactive ketones (excluding diaryl/α,β-unsaturated/α-hetero) is 1. The Hall–Kier alpha value is -2.45. The number of hydrogen-bond acceptors (Lipinski definition) is 4. The van der Waals surface area contributed by atoms with Gasteiger partial charge < -0.3 is 4.98 Å². The van der Waals surface area contributed by atoms with Crippen molar-refractivity contribution in [1.29, 1.82) is 5.26 Å². The topological polar surface area (TPSA) is 69.5 Å². The SMILES string of the molecule is Cc1csc([C@@H](C#N)C(=O)c2cccc3cc[nH]c23)n1. The molecule has 0 radical (unpaired) electrons. The summed E-state index contributed by atoms with van der Waals surface area (Å²) in [6.45, 7) is 1.85. The predicted molar refractivity (Wildman–Crippen MR) is 77.8 cm³/mol. The van der Waals surface area contributed by atoms with Gasteiger partial charge in [-0.2, -0.15) is 5.26 Å². The summed E-state index contributed by atoms with van der Waals surface area (Å²) in [6.07, 6.45) is 1.79. The summed E-state index contributed by atoms with van der Waals surface area (Å²) < 4.78 is 0. The summed E-state index contributed by atoms with van der Waals surface area (Å²) in [4.78, 5) is 19.9. The number of carbonyl (C=O) groups is 1. The molecule has 0 amide bonds. The number of thiazole rings is 1. The average Bonchev–Trinajstić information content (AvgIpc) is 3.07. The van der Waals surface area contributed by atoms with Gasteiger partial charge in [0.25, 0.3) is 0 Å². The maximum Gasteiger partial charge on any atom is 0.189 e. The normalized spacial score (nSPS) is 12.2. The lowest BCUT2D eigenvalue weighted by atomic mass is 9.98. The van der Waals surface area contributed by atoms with Crippen molar-refractivity contribution < 1.29 is 4.79 Å². The van der Waals surface area contributed by atoms with E-state index in [9.17, 15) is 10.1 Å². The second-order valence-corrected chi connectivity index (χ2v) is 5.39. The van der Waals surface area contributed by atoms with Crippen LogP contribution in [0.3, 0.4) is 0 Å². The van der Waals surface area contributed by atoms with E-state index in [1.54, 1.807) is 12.3 Å². The van der Waals surface area contributed by atoms with E-state index in [2.05, 4.69) is 16.0 Å². The first-order chi connectivity index (χ1) is 9.70. The van der Waals surface area contributed by atoms with Crippen LogP contribution >= 0.6 is 11.3 Å². The zero-order chi connectivity index (χ0) is 14.1. The Balaban J connectivity index is 2.07. The quantitative estimate of drug-likeness (QED) is 0.748. The summed E-state index contributed by atoms with van der Waals surface area (Å²) in [6, 6.07) is 9.47. The molecule has 3 aromatic rings. The molecule has 0 unspecified atom stereocenters. The summed E-state index contributed by atoms with van der Waals surface area (Å²) in [5.74, 6) is -1.06. The van der Waals surface area contributed by atoms with Gasteiger partial charge in [-0.3, -0.25) is 4.79 Å². The number of carbonyl (C=O) groups excluding carboxylic acids is 1. The van der Waals surface area contributed by atoms with E-state index in [0.717, 1.165) is 16.6 Å². The lowest BCUT2D eigenvalue weighted by molar-refractivity contribution is 0.0980. The molecule has 0 spiro atoms. The molecule has 1 N–H and O–H groups in total. The number of H-pyrrole nitrogens is 1. The minimum Gasteiger partial charge on any atom is -0.361 e. The van der Waals surface area contributed by atoms with Crippen molar-refractivity contribution >= 4 is 28.0 Å². The van der Waals surface area contributed by atoms with Crippen molar-refractivity contribution in [3.05, 3.63) is 52.1 Å². The fraction of sp³-hybridized carbons (Fsp3) is 0.133. The van der Waals surface area contributed by atoms with Gasteiger partial charge in [0.2, 0.25) is 0 Å². The Labute approximate surface area is 119 Å². The Morgan fingerprint density at radius 3 is 3.00 bits per heavy atom. The molecule has 0 bridgehead atoms. The van der Waals surface area contributed by atoms with Crippen LogP contribution in [0.25, 0.3) is 10.9 Å². The second kappa shape index (κ2) is 4.91. The molecule has 3 rings (SSSR count). The van der Waals surface area contributed by atoms with Crippen LogP contribution < -0.4 is 0 Å². The molecule has 2 aromatic heterocycles. The van der Waals surface area contributed by atoms with Gasteiger partial charge in [-0.1, -0.05) is 12.1 Å². The van der Waals surface area contributed by atoms with Crippen LogP contribution in [-0.2, 0) is 0 Å². The zero-order valence-electron chi connectivity index (χ0n) is 10.8. The molecule has 4 nitrogen and oxygen atoms in total. The summed E-state index contributed by atoms with van der Waals surface area (Å²) in [5, 5.41) is 12.7. The third-order valence-corrected chi connectivity index (χ3v) is 4.16. The molecule has 0 aliphatic heterocycles. The van der Waals surface area contributed by atoms with Gasteiger partial charge in [0.15, 0.2) is 11.7 Å². The molecule has 5 heteroatoms. The molecule has 20 heavy (non-hydrogen) atoms. The van der Waals surface area contributed by atoms with E-state index in [0.29, 0.717) is 10.6 Å². The van der Waals surface area contributed by atoms with Gasteiger partial charge in [0.05, 0.1) is 11.6 Å². The highest BCUT2D eigenvalue weighted by atomic mass is 32.1. The number of benzene rings is 1. The Bertz CT molecular complexity index is 825. The number of hydrogen-bond donors (Lipinski definition) is 1. The number of nitriles is 1. The Morgan fingerprint density at radius 1 is 1.45 bits per heavy atom. The summed E-state index contributed by atoms with van der Waals surface area (Å²) in [7, 11) is 0. The first-order valence-corrected chi connectivity index (χ1v) is 7.00. The molecule has 1 atom stereocenters. The standard InChI is InChI=1S/C15H11N3OS/c1-9-8-20-15(18-9)12(7-16)14(19)11-4-2-3-10-5-6-17-13(10)11/h2-6,8,12,17H,1H3/t12-/m0/s1. The van der Waals surface area contributed by atoms with Crippen LogP contribution in [0.15, 0.2) is 35.8 Å². The van der Waals surface area contributed by atoms with Gasteiger partial charge in [0, 0.05) is 28.2 Å². The highest BCUT2D eigenvalue weighted by molar-refractivity contribution is 7.10. The van der Waals surface area contributed by atoms with Gasteiger partial charge in [0.1, 0.15) is 5.01 Å². The van der Waals surface area contributed by atoms with Crippen molar-refractivity contribution in [3.63, 3.8) is 0 Å². The molecule has 0 aliphatic carbocycles. The van der Waals surface area contributed by atoms with Crippen LogP contribution in [0, 0.1) is 18.3 Å². The number of rotatable bonds is 3. The minimum atomic E-state index is -0.845. The smallest absolute Gasteiger partial charge is 0.189 e. The minimum absolute atomic E-state index is 0.213. The van der Waals surface area contributed by atoms with Crippen LogP contribution in [0.2, 0.25) is 0 Å². The number of nitrogens with zero attached hydrogens (tertiary/aromatic N) is 2. The molecule has 2 heterocycles. The second-order valence-electron chi connectivity index (χ2n) is 4.50. The Morgan fingerprint density at radius 2 is 2.30 bits per heavy atom. The molecular formula is C15H11N3OS. The van der Waals surface area contributed by atoms with E-state index in [-0.39, 0.29) is 5.78 Å². The lowest BCUT2D eigenvalue weighted by Gasteiger charge is -2.06. The van der Waals surface area contributed by atoms with Gasteiger partial charge in [-0.05, 0) is 19.1 Å². The van der Waals surface area contributed by atoms with Crippen molar-refractivity contribution in [3.8, 4) is 6.07 Å². The molecule has 1 aromatic carbocycles. The number of nitrogens with one attached hydrogen (secondary N) is 1. The zero-order valence-corrected chi connectivity index (χ0v) is 11.6. The molecule has 0 fully saturated rings. The number of aromatic amines is 1. The van der Waals surface area contributed by atoms with E-state index in [1.165, 1.54) is 11.3 Å². The van der Waals surface area contributed by atoms with Gasteiger partial charge >= 0.3 is 0 Å². The maximum atomic E-state index is 12.6. The van der Waals surface area contributed by atoms with Crippen molar-refractivity contribution in [2.45, 2.75) is 12.8 Å². The lowest BCUT2D eigenvalue weighted by Crippen LogP contribution is -2.11. The molecule has 0 saturated carbocycles. The monoisotopic (exact) mass is 281 g/mol. The van der Waals surface area contributed by atoms with Crippen LogP contribution in [-0.4, -0.2) is 15.8 Å². The Kier molecular flexibility index (Phi) is 3.09. The van der Waals surface area contributed by atoms with Crippen molar-refractivity contribution in [1.82, 2.24) is 9.97 Å². The van der Waals surface area contributed by atoms with Crippen molar-refractivity contribution in [2.75, 3.05) is 0 Å². The number of aromatic nitrogens is 2. The molecule has 0 saturated heterocycles. The fourth-order valence-electron chi connectivity index (χ4n) is 2.18. The largest absolute Gasteiger partial charge is 0.361 e. The molecular weight excluding hydrogens is 270 g/mol. The van der Waals surface area contributed by atoms with E-state index in [1.807, 2.05) is 30.5 Å². The predicted octanol–water partition coefficient (Wildman–Crippen LogP) is 3.42. The first-order valence-electron chi connectivity index (χ1n) is 6.12. The van der Waals surface area contributed by atoms with E-state index in [4.69, 9.17) is 0 Å². The third-order valence-electron chi connectivity index (χ3n) is 3.13. The number of fused-ring (bicyclic) bond motifs is 1. The van der Waals surface area contributed by atoms with E-state index < -0.39 is 5.92 Å². The number of ketones is 1. The van der Waals surface area contributed by atoms with Crippen LogP contribution in [0.4, 0.5) is 0 Å². The van der Waals surface area contributed by atoms with Crippen molar-refractivity contribution in [2.24, 2.45) is 0 Å². The average molecular weight is 281 g/mol. The highest BCUT2D eigenvalue weighted by Crippen LogP contribution is 2.27. The highest BCUT2D eigenvalue weighted by Gasteiger charge is 2.26. The van der Waals surface area contributed by atoms with Crippen LogP contribution in [0.5, 0.6) is 0 Å². The summed E-state index contributed by atoms with van der Waals surface area (Å²) >= 11 is 1.35. The third kappa shape index (κ3) is 2.00. The van der Waals surface area contributed by atoms with Gasteiger partial charge in [-0.15, -0.1) is 11.3 Å². The number of aryl methyl sites for hydroxylation is 1. The van der Waals surface area contributed by atoms with Gasteiger partial charge in [-0.25, -0.2) is 4.98 Å². The maximum absolute atomic E-state index is 12.6. The molecule has 98 valence electrons. The molecule has 0 aliphatic rings. The van der Waals surface area contributed by atoms with E-state index >= 15 is 0 Å². The first kappa shape index (κ1) is 12.6.